The van der Waals surface area contributed by atoms with Gasteiger partial charge in [0.25, 0.3) is 0 Å². The lowest BCUT2D eigenvalue weighted by molar-refractivity contribution is -0.300. The van der Waals surface area contributed by atoms with Gasteiger partial charge in [-0.3, -0.25) is 4.79 Å². The van der Waals surface area contributed by atoms with Crippen molar-refractivity contribution in [1.29, 1.82) is 0 Å². The number of ether oxygens (including phenoxy) is 3. The van der Waals surface area contributed by atoms with Gasteiger partial charge in [0.05, 0.1) is 0 Å². The molecule has 0 aromatic carbocycles. The fourth-order valence-electron chi connectivity index (χ4n) is 3.49. The summed E-state index contributed by atoms with van der Waals surface area (Å²) in [5.41, 5.74) is 0. The number of aliphatic hydroxyl groups is 3. The summed E-state index contributed by atoms with van der Waals surface area (Å²) < 4.78 is 15.8. The molecule has 1 aliphatic heterocycles. The molecule has 33 heavy (non-hydrogen) atoms. The molecule has 190 valence electrons. The van der Waals surface area contributed by atoms with Gasteiger partial charge in [0.2, 0.25) is 0 Å². The number of allylic oxidation sites excluding steroid dienone is 6. The first-order valence-electron chi connectivity index (χ1n) is 12.4. The van der Waals surface area contributed by atoms with Crippen LogP contribution in [0.3, 0.4) is 0 Å². The van der Waals surface area contributed by atoms with Crippen LogP contribution in [0, 0.1) is 0 Å². The minimum atomic E-state index is -1.42. The third-order valence-corrected chi connectivity index (χ3v) is 5.44. The smallest absolute Gasteiger partial charge is 0.305 e. The summed E-state index contributed by atoms with van der Waals surface area (Å²) in [5.74, 6) is -0.361. The topological polar surface area (TPSA) is 105 Å². The van der Waals surface area contributed by atoms with Crippen molar-refractivity contribution in [3.63, 3.8) is 0 Å². The maximum absolute atomic E-state index is 12.0. The summed E-state index contributed by atoms with van der Waals surface area (Å²) in [6.45, 7) is 3.95. The van der Waals surface area contributed by atoms with Crippen molar-refractivity contribution in [2.45, 2.75) is 109 Å². The van der Waals surface area contributed by atoms with E-state index in [1.165, 1.54) is 0 Å². The van der Waals surface area contributed by atoms with E-state index in [4.69, 9.17) is 14.2 Å². The van der Waals surface area contributed by atoms with E-state index in [2.05, 4.69) is 43.4 Å². The van der Waals surface area contributed by atoms with Gasteiger partial charge in [-0.05, 0) is 45.4 Å². The molecule has 5 atom stereocenters. The van der Waals surface area contributed by atoms with Gasteiger partial charge in [0, 0.05) is 13.0 Å². The van der Waals surface area contributed by atoms with E-state index in [9.17, 15) is 20.1 Å². The van der Waals surface area contributed by atoms with E-state index in [0.717, 1.165) is 57.8 Å². The number of carbonyl (C=O) groups excluding carboxylic acids is 1. The fraction of sp³-hybridized carbons (Fsp3) is 0.731. The molecule has 0 radical (unpaired) electrons. The van der Waals surface area contributed by atoms with Gasteiger partial charge in [0.1, 0.15) is 31.0 Å². The second-order valence-corrected chi connectivity index (χ2v) is 8.25. The van der Waals surface area contributed by atoms with Crippen LogP contribution in [0.5, 0.6) is 0 Å². The van der Waals surface area contributed by atoms with Crippen molar-refractivity contribution in [2.75, 3.05) is 13.2 Å². The number of aliphatic hydroxyl groups excluding tert-OH is 3. The lowest BCUT2D eigenvalue weighted by atomic mass is 9.99. The Kier molecular flexibility index (Phi) is 16.9. The number of esters is 1. The minimum Gasteiger partial charge on any atom is -0.463 e. The molecule has 0 spiro atoms. The molecule has 1 fully saturated rings. The summed E-state index contributed by atoms with van der Waals surface area (Å²) >= 11 is 0. The number of rotatable bonds is 17. The molecule has 3 N–H and O–H groups in total. The normalized spacial score (nSPS) is 26.0. The summed E-state index contributed by atoms with van der Waals surface area (Å²) in [7, 11) is 0. The second kappa shape index (κ2) is 18.9. The van der Waals surface area contributed by atoms with Gasteiger partial charge < -0.3 is 29.5 Å². The second-order valence-electron chi connectivity index (χ2n) is 8.25. The van der Waals surface area contributed by atoms with Crippen LogP contribution in [0.1, 0.15) is 78.1 Å². The highest BCUT2D eigenvalue weighted by molar-refractivity contribution is 5.69. The Hall–Kier alpha value is -1.51. The highest BCUT2D eigenvalue weighted by Gasteiger charge is 2.44. The highest BCUT2D eigenvalue weighted by atomic mass is 16.7. The molecular formula is C26H44O7. The third kappa shape index (κ3) is 13.1. The first kappa shape index (κ1) is 29.5. The molecule has 0 aromatic heterocycles. The summed E-state index contributed by atoms with van der Waals surface area (Å²) in [4.78, 5) is 12.0. The Bertz CT molecular complexity index is 587. The predicted molar refractivity (Wildman–Crippen MR) is 129 cm³/mol. The standard InChI is InChI=1S/C26H44O7/c1-3-5-6-7-8-9-10-11-12-13-14-15-16-17-18-19-22(27)32-20-21-23(28)24(29)25(30)26(33-21)31-4-2/h5-6,8-9,11-12,21,23-26,28-30H,3-4,7,10,13-20H2,1-2H3/t21-,23-,24+,25-,26+/m1/s1. The molecule has 0 bridgehead atoms. The molecular weight excluding hydrogens is 424 g/mol. The number of unbranched alkanes of at least 4 members (excludes halogenated alkanes) is 5. The molecule has 7 heteroatoms. The van der Waals surface area contributed by atoms with Crippen LogP contribution in [0.15, 0.2) is 36.5 Å². The van der Waals surface area contributed by atoms with Crippen molar-refractivity contribution in [1.82, 2.24) is 0 Å². The molecule has 1 aliphatic rings. The molecule has 0 aliphatic carbocycles. The zero-order chi connectivity index (χ0) is 24.3. The third-order valence-electron chi connectivity index (χ3n) is 5.44. The maximum Gasteiger partial charge on any atom is 0.305 e. The van der Waals surface area contributed by atoms with Crippen LogP contribution < -0.4 is 0 Å². The van der Waals surface area contributed by atoms with Crippen molar-refractivity contribution < 1.29 is 34.3 Å². The lowest BCUT2D eigenvalue weighted by Gasteiger charge is -2.39. The van der Waals surface area contributed by atoms with Crippen LogP contribution in [-0.2, 0) is 19.0 Å². The lowest BCUT2D eigenvalue weighted by Crippen LogP contribution is -2.59. The van der Waals surface area contributed by atoms with Gasteiger partial charge in [0.15, 0.2) is 6.29 Å². The zero-order valence-corrected chi connectivity index (χ0v) is 20.3. The molecule has 1 heterocycles. The van der Waals surface area contributed by atoms with E-state index < -0.39 is 30.7 Å². The molecule has 1 rings (SSSR count). The number of carbonyl (C=O) groups is 1. The van der Waals surface area contributed by atoms with Gasteiger partial charge in [-0.1, -0.05) is 62.6 Å². The minimum absolute atomic E-state index is 0.190. The van der Waals surface area contributed by atoms with Gasteiger partial charge in [-0.2, -0.15) is 0 Å². The first-order chi connectivity index (χ1) is 16.0. The molecule has 0 amide bonds. The summed E-state index contributed by atoms with van der Waals surface area (Å²) in [6.07, 6.45) is 16.6. The van der Waals surface area contributed by atoms with E-state index in [1.54, 1.807) is 6.92 Å². The zero-order valence-electron chi connectivity index (χ0n) is 20.3. The van der Waals surface area contributed by atoms with E-state index in [0.29, 0.717) is 6.42 Å². The Morgan fingerprint density at radius 1 is 0.818 bits per heavy atom. The van der Waals surface area contributed by atoms with Crippen molar-refractivity contribution in [3.05, 3.63) is 36.5 Å². The molecule has 0 aromatic rings. The Morgan fingerprint density at radius 3 is 2.15 bits per heavy atom. The van der Waals surface area contributed by atoms with Crippen molar-refractivity contribution in [2.24, 2.45) is 0 Å². The SMILES string of the molecule is CCC=CCC=CCC=CCCCCCCCC(=O)OC[C@H]1O[C@H](OCC)[C@H](O)[C@@H](O)[C@@H]1O. The number of hydrogen-bond donors (Lipinski definition) is 3. The van der Waals surface area contributed by atoms with Crippen LogP contribution >= 0.6 is 0 Å². The van der Waals surface area contributed by atoms with Gasteiger partial charge >= 0.3 is 5.97 Å². The summed E-state index contributed by atoms with van der Waals surface area (Å²) in [5, 5.41) is 29.8. The summed E-state index contributed by atoms with van der Waals surface area (Å²) in [6, 6.07) is 0. The van der Waals surface area contributed by atoms with Crippen LogP contribution in [-0.4, -0.2) is 65.2 Å². The maximum atomic E-state index is 12.0. The van der Waals surface area contributed by atoms with E-state index in [1.807, 2.05) is 0 Å². The Morgan fingerprint density at radius 2 is 1.45 bits per heavy atom. The fourth-order valence-corrected chi connectivity index (χ4v) is 3.49. The largest absolute Gasteiger partial charge is 0.463 e. The molecule has 1 saturated heterocycles. The Labute approximate surface area is 199 Å². The number of hydrogen-bond acceptors (Lipinski definition) is 7. The van der Waals surface area contributed by atoms with Gasteiger partial charge in [-0.25, -0.2) is 0 Å². The van der Waals surface area contributed by atoms with Crippen LogP contribution in [0.2, 0.25) is 0 Å². The average molecular weight is 469 g/mol. The van der Waals surface area contributed by atoms with Crippen LogP contribution in [0.4, 0.5) is 0 Å². The first-order valence-corrected chi connectivity index (χ1v) is 12.4. The molecule has 0 saturated carbocycles. The van der Waals surface area contributed by atoms with E-state index >= 15 is 0 Å². The van der Waals surface area contributed by atoms with E-state index in [-0.39, 0.29) is 19.2 Å². The monoisotopic (exact) mass is 468 g/mol. The van der Waals surface area contributed by atoms with Crippen molar-refractivity contribution >= 4 is 5.97 Å². The molecule has 0 unspecified atom stereocenters. The van der Waals surface area contributed by atoms with Crippen LogP contribution in [0.25, 0.3) is 0 Å². The average Bonchev–Trinajstić information content (AvgIpc) is 2.81. The quantitative estimate of drug-likeness (QED) is 0.169. The van der Waals surface area contributed by atoms with Crippen molar-refractivity contribution in [3.8, 4) is 0 Å². The Balaban J connectivity index is 2.04. The van der Waals surface area contributed by atoms with Gasteiger partial charge in [-0.15, -0.1) is 0 Å². The molecule has 7 nitrogen and oxygen atoms in total. The predicted octanol–water partition coefficient (Wildman–Crippen LogP) is 3.96. The highest BCUT2D eigenvalue weighted by Crippen LogP contribution is 2.22.